The van der Waals surface area contributed by atoms with Crippen molar-refractivity contribution >= 4 is 43.2 Å². The number of ketones is 1. The molecule has 0 radical (unpaired) electrons. The molecule has 0 aromatic heterocycles. The minimum Gasteiger partial charge on any atom is -0.507 e. The van der Waals surface area contributed by atoms with Gasteiger partial charge in [0.25, 0.3) is 0 Å². The zero-order chi connectivity index (χ0) is 13.4. The lowest BCUT2D eigenvalue weighted by Gasteiger charge is -2.30. The highest BCUT2D eigenvalue weighted by Gasteiger charge is 2.54. The number of benzene rings is 1. The number of halogens is 2. The first kappa shape index (κ1) is 12.2. The topological polar surface area (TPSA) is 37.3 Å². The van der Waals surface area contributed by atoms with E-state index in [0.29, 0.717) is 0 Å². The number of phenols is 1. The molecule has 98 valence electrons. The predicted molar refractivity (Wildman–Crippen MR) is 80.1 cm³/mol. The highest BCUT2D eigenvalue weighted by molar-refractivity contribution is 9.12. The van der Waals surface area contributed by atoms with Gasteiger partial charge in [-0.25, -0.2) is 0 Å². The maximum Gasteiger partial charge on any atom is 0.173 e. The summed E-state index contributed by atoms with van der Waals surface area (Å²) in [6, 6.07) is 3.66. The standard InChI is InChI=1S/C15H12Br2O2/c16-12-9-6-15-4-3-7(5-15)14(19)13(17)11(15)8(9)1-2-10(12)18/h1-2,7,18H,3-6H2. The van der Waals surface area contributed by atoms with Crippen molar-refractivity contribution in [2.75, 3.05) is 0 Å². The molecule has 0 amide bonds. The van der Waals surface area contributed by atoms with E-state index >= 15 is 0 Å². The fourth-order valence-corrected chi connectivity index (χ4v) is 5.56. The number of hydrogen-bond donors (Lipinski definition) is 1. The van der Waals surface area contributed by atoms with Gasteiger partial charge < -0.3 is 5.11 Å². The van der Waals surface area contributed by atoms with E-state index in [2.05, 4.69) is 31.9 Å². The van der Waals surface area contributed by atoms with Crippen LogP contribution in [0.25, 0.3) is 5.57 Å². The number of fused-ring (bicyclic) bond motifs is 3. The molecular formula is C15H12Br2O2. The van der Waals surface area contributed by atoms with E-state index in [1.54, 1.807) is 6.07 Å². The summed E-state index contributed by atoms with van der Waals surface area (Å²) >= 11 is 7.04. The van der Waals surface area contributed by atoms with Gasteiger partial charge in [0.15, 0.2) is 5.78 Å². The summed E-state index contributed by atoms with van der Waals surface area (Å²) in [7, 11) is 0. The quantitative estimate of drug-likeness (QED) is 0.729. The van der Waals surface area contributed by atoms with Crippen LogP contribution in [0.15, 0.2) is 21.1 Å². The summed E-state index contributed by atoms with van der Waals surface area (Å²) in [5.74, 6) is 0.742. The van der Waals surface area contributed by atoms with Crippen LogP contribution in [0.2, 0.25) is 0 Å². The lowest BCUT2D eigenvalue weighted by molar-refractivity contribution is -0.118. The van der Waals surface area contributed by atoms with Crippen LogP contribution in [-0.2, 0) is 11.2 Å². The summed E-state index contributed by atoms with van der Waals surface area (Å²) in [6.45, 7) is 0. The Kier molecular flexibility index (Phi) is 2.39. The van der Waals surface area contributed by atoms with Crippen molar-refractivity contribution in [1.82, 2.24) is 0 Å². The van der Waals surface area contributed by atoms with Gasteiger partial charge in [-0.3, -0.25) is 4.79 Å². The van der Waals surface area contributed by atoms with Crippen molar-refractivity contribution in [3.05, 3.63) is 32.2 Å². The lowest BCUT2D eigenvalue weighted by Crippen LogP contribution is -2.25. The number of hydrogen-bond acceptors (Lipinski definition) is 2. The molecule has 1 N–H and O–H groups in total. The van der Waals surface area contributed by atoms with Gasteiger partial charge >= 0.3 is 0 Å². The van der Waals surface area contributed by atoms with E-state index in [1.807, 2.05) is 6.07 Å². The third kappa shape index (κ3) is 1.39. The Morgan fingerprint density at radius 1 is 1.32 bits per heavy atom. The Morgan fingerprint density at radius 3 is 2.89 bits per heavy atom. The number of allylic oxidation sites excluding steroid dienone is 2. The SMILES string of the molecule is O=C1C(Br)=C2c3ccc(O)c(Br)c3CC23CCC1C3. The first-order chi connectivity index (χ1) is 9.03. The van der Waals surface area contributed by atoms with E-state index in [4.69, 9.17) is 0 Å². The molecule has 19 heavy (non-hydrogen) atoms. The molecule has 3 aliphatic carbocycles. The minimum absolute atomic E-state index is 0.121. The van der Waals surface area contributed by atoms with Crippen LogP contribution in [0.3, 0.4) is 0 Å². The van der Waals surface area contributed by atoms with Crippen LogP contribution >= 0.6 is 31.9 Å². The fraction of sp³-hybridized carbons (Fsp3) is 0.400. The average molecular weight is 384 g/mol. The van der Waals surface area contributed by atoms with Gasteiger partial charge in [0.2, 0.25) is 0 Å². The summed E-state index contributed by atoms with van der Waals surface area (Å²) in [5, 5.41) is 9.86. The van der Waals surface area contributed by atoms with E-state index in [-0.39, 0.29) is 22.9 Å². The van der Waals surface area contributed by atoms with Crippen molar-refractivity contribution in [2.24, 2.45) is 11.3 Å². The Balaban J connectivity index is 2.03. The number of carbonyl (C=O) groups excluding carboxylic acids is 1. The monoisotopic (exact) mass is 382 g/mol. The van der Waals surface area contributed by atoms with Crippen molar-refractivity contribution in [3.8, 4) is 5.75 Å². The zero-order valence-corrected chi connectivity index (χ0v) is 13.3. The van der Waals surface area contributed by atoms with Crippen LogP contribution < -0.4 is 0 Å². The largest absolute Gasteiger partial charge is 0.507 e. The third-order valence-electron chi connectivity index (χ3n) is 4.95. The third-order valence-corrected chi connectivity index (χ3v) is 6.62. The van der Waals surface area contributed by atoms with Gasteiger partial charge in [-0.05, 0) is 80.3 Å². The molecule has 1 spiro atoms. The number of Topliss-reactive ketones (excluding diaryl/α,β-unsaturated/α-hetero) is 1. The van der Waals surface area contributed by atoms with Gasteiger partial charge in [-0.2, -0.15) is 0 Å². The predicted octanol–water partition coefficient (Wildman–Crippen LogP) is 4.19. The van der Waals surface area contributed by atoms with Gasteiger partial charge in [-0.15, -0.1) is 0 Å². The van der Waals surface area contributed by atoms with E-state index in [9.17, 15) is 9.90 Å². The second-order valence-corrected chi connectivity index (χ2v) is 7.46. The summed E-state index contributed by atoms with van der Waals surface area (Å²) in [5.41, 5.74) is 3.59. The maximum absolute atomic E-state index is 12.3. The van der Waals surface area contributed by atoms with E-state index in [0.717, 1.165) is 45.8 Å². The molecule has 4 heteroatoms. The zero-order valence-electron chi connectivity index (χ0n) is 10.2. The Morgan fingerprint density at radius 2 is 2.11 bits per heavy atom. The van der Waals surface area contributed by atoms with E-state index < -0.39 is 0 Å². The summed E-state index contributed by atoms with van der Waals surface area (Å²) in [4.78, 5) is 12.3. The Bertz CT molecular complexity index is 662. The summed E-state index contributed by atoms with van der Waals surface area (Å²) < 4.78 is 1.56. The molecule has 1 saturated carbocycles. The van der Waals surface area contributed by atoms with Crippen LogP contribution in [-0.4, -0.2) is 10.9 Å². The van der Waals surface area contributed by atoms with Gasteiger partial charge in [0.1, 0.15) is 5.75 Å². The van der Waals surface area contributed by atoms with E-state index in [1.165, 1.54) is 5.57 Å². The van der Waals surface area contributed by atoms with Crippen LogP contribution in [0.5, 0.6) is 5.75 Å². The molecule has 2 atom stereocenters. The highest BCUT2D eigenvalue weighted by Crippen LogP contribution is 2.64. The first-order valence-electron chi connectivity index (χ1n) is 6.49. The van der Waals surface area contributed by atoms with Gasteiger partial charge in [-0.1, -0.05) is 6.07 Å². The molecular weight excluding hydrogens is 372 g/mol. The normalized spacial score (nSPS) is 31.7. The lowest BCUT2D eigenvalue weighted by atomic mass is 9.74. The molecule has 2 unspecified atom stereocenters. The molecule has 3 aliphatic rings. The molecule has 1 aromatic carbocycles. The second kappa shape index (κ2) is 3.73. The molecule has 0 aliphatic heterocycles. The molecule has 2 nitrogen and oxygen atoms in total. The smallest absolute Gasteiger partial charge is 0.173 e. The van der Waals surface area contributed by atoms with Gasteiger partial charge in [0.05, 0.1) is 8.96 Å². The number of aromatic hydroxyl groups is 1. The number of rotatable bonds is 0. The molecule has 1 aromatic rings. The highest BCUT2D eigenvalue weighted by atomic mass is 79.9. The maximum atomic E-state index is 12.3. The first-order valence-corrected chi connectivity index (χ1v) is 8.07. The molecule has 2 bridgehead atoms. The molecule has 1 fully saturated rings. The Hall–Kier alpha value is -0.610. The van der Waals surface area contributed by atoms with Crippen LogP contribution in [0, 0.1) is 11.3 Å². The van der Waals surface area contributed by atoms with Crippen LogP contribution in [0.4, 0.5) is 0 Å². The van der Waals surface area contributed by atoms with Crippen molar-refractivity contribution in [2.45, 2.75) is 25.7 Å². The van der Waals surface area contributed by atoms with Crippen molar-refractivity contribution in [3.63, 3.8) is 0 Å². The van der Waals surface area contributed by atoms with Crippen molar-refractivity contribution in [1.29, 1.82) is 0 Å². The van der Waals surface area contributed by atoms with Gasteiger partial charge in [0, 0.05) is 11.3 Å². The average Bonchev–Trinajstić information content (AvgIpc) is 2.93. The Labute approximate surface area is 128 Å². The molecule has 4 rings (SSSR count). The molecule has 0 heterocycles. The number of carbonyl (C=O) groups is 1. The summed E-state index contributed by atoms with van der Waals surface area (Å²) in [6.07, 6.45) is 3.98. The number of phenolic OH excluding ortho intramolecular Hbond substituents is 1. The minimum atomic E-state index is 0.121. The van der Waals surface area contributed by atoms with Crippen LogP contribution in [0.1, 0.15) is 30.4 Å². The molecule has 0 saturated heterocycles. The fourth-order valence-electron chi connectivity index (χ4n) is 4.12. The second-order valence-electron chi connectivity index (χ2n) is 5.87. The van der Waals surface area contributed by atoms with Crippen molar-refractivity contribution < 1.29 is 9.90 Å².